The molecular weight excluding hydrogens is 478 g/mol. The van der Waals surface area contributed by atoms with Crippen LogP contribution in [-0.2, 0) is 0 Å². The molecular formula is C32H36P2S. The number of hydrogen-bond donors (Lipinski definition) is 0. The second kappa shape index (κ2) is 13.7. The smallest absolute Gasteiger partial charge is 0.0119 e. The van der Waals surface area contributed by atoms with Gasteiger partial charge < -0.3 is 0 Å². The lowest BCUT2D eigenvalue weighted by molar-refractivity contribution is 1.40. The minimum atomic E-state index is -1.87. The molecule has 0 fully saturated rings. The number of hydrogen-bond acceptors (Lipinski definition) is 1. The van der Waals surface area contributed by atoms with E-state index in [9.17, 15) is 0 Å². The fraction of sp³-hybridized carbons (Fsp3) is 0.156. The van der Waals surface area contributed by atoms with E-state index in [0.717, 1.165) is 6.42 Å². The van der Waals surface area contributed by atoms with Crippen LogP contribution in [-0.4, -0.2) is 13.0 Å². The van der Waals surface area contributed by atoms with Gasteiger partial charge in [0.15, 0.2) is 0 Å². The zero-order chi connectivity index (χ0) is 25.1. The molecule has 0 heterocycles. The van der Waals surface area contributed by atoms with Gasteiger partial charge in [-0.2, -0.15) is 0 Å². The molecule has 0 saturated carbocycles. The van der Waals surface area contributed by atoms with E-state index in [2.05, 4.69) is 149 Å². The van der Waals surface area contributed by atoms with Crippen molar-refractivity contribution in [2.75, 3.05) is 6.66 Å². The van der Waals surface area contributed by atoms with E-state index in [-0.39, 0.29) is 7.92 Å². The molecule has 180 valence electrons. The van der Waals surface area contributed by atoms with Crippen LogP contribution in [0.3, 0.4) is 0 Å². The minimum absolute atomic E-state index is 0.315. The minimum Gasteiger partial charge on any atom is -0.0949 e. The summed E-state index contributed by atoms with van der Waals surface area (Å²) in [5.74, 6) is 2.30. The third kappa shape index (κ3) is 7.59. The summed E-state index contributed by atoms with van der Waals surface area (Å²) in [5, 5.41) is 5.40. The van der Waals surface area contributed by atoms with E-state index in [1.807, 2.05) is 11.8 Å². The monoisotopic (exact) mass is 514 g/mol. The zero-order valence-electron chi connectivity index (χ0n) is 21.3. The second-order valence-corrected chi connectivity index (χ2v) is 14.9. The molecule has 0 aliphatic heterocycles. The summed E-state index contributed by atoms with van der Waals surface area (Å²) in [4.78, 5) is 2.53. The molecule has 0 amide bonds. The number of thioether (sulfide) groups is 1. The highest BCUT2D eigenvalue weighted by atomic mass is 32.2. The first-order valence-corrected chi connectivity index (χ1v) is 16.6. The van der Waals surface area contributed by atoms with E-state index in [1.165, 1.54) is 31.0 Å². The van der Waals surface area contributed by atoms with Gasteiger partial charge in [-0.3, -0.25) is 0 Å². The predicted molar refractivity (Wildman–Crippen MR) is 167 cm³/mol. The van der Waals surface area contributed by atoms with Crippen LogP contribution in [0.4, 0.5) is 0 Å². The lowest BCUT2D eigenvalue weighted by Crippen LogP contribution is -2.09. The van der Waals surface area contributed by atoms with Crippen molar-refractivity contribution in [3.63, 3.8) is 0 Å². The molecule has 2 unspecified atom stereocenters. The van der Waals surface area contributed by atoms with Crippen LogP contribution in [0.5, 0.6) is 0 Å². The Morgan fingerprint density at radius 1 is 0.943 bits per heavy atom. The Hall–Kier alpha value is -2.30. The SMILES string of the molecule is C=P(/C=C/C)(C1=CC=CCC=C1)C(/C=C\C)=C/C=C(\C)Sc1ccc(P(C)c2ccccc2)cc1. The van der Waals surface area contributed by atoms with Crippen LogP contribution in [0, 0.1) is 0 Å². The molecule has 2 aromatic carbocycles. The topological polar surface area (TPSA) is 0 Å². The van der Waals surface area contributed by atoms with Gasteiger partial charge in [0, 0.05) is 4.90 Å². The van der Waals surface area contributed by atoms with E-state index in [0.29, 0.717) is 0 Å². The Labute approximate surface area is 218 Å². The molecule has 3 rings (SSSR count). The molecule has 0 saturated heterocycles. The zero-order valence-corrected chi connectivity index (χ0v) is 23.9. The molecule has 0 spiro atoms. The lowest BCUT2D eigenvalue weighted by atomic mass is 10.4. The molecule has 35 heavy (non-hydrogen) atoms. The summed E-state index contributed by atoms with van der Waals surface area (Å²) in [6.07, 6.45) is 27.8. The highest BCUT2D eigenvalue weighted by molar-refractivity contribution is 8.03. The fourth-order valence-electron chi connectivity index (χ4n) is 3.86. The highest BCUT2D eigenvalue weighted by Gasteiger charge is 2.18. The molecule has 1 aliphatic carbocycles. The average molecular weight is 515 g/mol. The number of benzene rings is 2. The summed E-state index contributed by atoms with van der Waals surface area (Å²) in [5.41, 5.74) is 0. The number of rotatable bonds is 9. The maximum absolute atomic E-state index is 4.77. The molecule has 0 N–H and O–H groups in total. The molecule has 1 aliphatic rings. The Balaban J connectivity index is 1.82. The first-order chi connectivity index (χ1) is 17.0. The number of allylic oxidation sites excluding steroid dienone is 13. The summed E-state index contributed by atoms with van der Waals surface area (Å²) in [6.45, 7) is 6.82. The van der Waals surface area contributed by atoms with Gasteiger partial charge in [0.25, 0.3) is 0 Å². The predicted octanol–water partition coefficient (Wildman–Crippen LogP) is 9.59. The van der Waals surface area contributed by atoms with Gasteiger partial charge in [-0.25, -0.2) is 0 Å². The van der Waals surface area contributed by atoms with E-state index in [1.54, 1.807) is 0 Å². The van der Waals surface area contributed by atoms with E-state index in [4.69, 9.17) is 6.30 Å². The van der Waals surface area contributed by atoms with Crippen LogP contribution in [0.1, 0.15) is 27.2 Å². The van der Waals surface area contributed by atoms with Crippen molar-refractivity contribution in [3.8, 4) is 0 Å². The van der Waals surface area contributed by atoms with Crippen LogP contribution < -0.4 is 10.6 Å². The van der Waals surface area contributed by atoms with Crippen molar-refractivity contribution in [1.29, 1.82) is 0 Å². The Kier molecular flexibility index (Phi) is 10.7. The first-order valence-electron chi connectivity index (χ1n) is 12.0. The average Bonchev–Trinajstić information content (AvgIpc) is 3.17. The normalized spacial score (nSPS) is 17.4. The molecule has 0 radical (unpaired) electrons. The highest BCUT2D eigenvalue weighted by Crippen LogP contribution is 2.63. The van der Waals surface area contributed by atoms with Crippen LogP contribution in [0.25, 0.3) is 0 Å². The summed E-state index contributed by atoms with van der Waals surface area (Å²) in [6, 6.07) is 19.9. The first kappa shape index (κ1) is 27.3. The molecule has 0 nitrogen and oxygen atoms in total. The maximum Gasteiger partial charge on any atom is 0.0119 e. The molecule has 2 aromatic rings. The van der Waals surface area contributed by atoms with Crippen LogP contribution in [0.15, 0.2) is 142 Å². The summed E-state index contributed by atoms with van der Waals surface area (Å²) in [7, 11) is -0.315. The third-order valence-corrected chi connectivity index (χ3v) is 12.1. The Morgan fingerprint density at radius 2 is 1.66 bits per heavy atom. The van der Waals surface area contributed by atoms with E-state index < -0.39 is 6.89 Å². The largest absolute Gasteiger partial charge is 0.0949 e. The summed E-state index contributed by atoms with van der Waals surface area (Å²) < 4.78 is 0. The molecule has 3 heteroatoms. The molecule has 0 aromatic heterocycles. The van der Waals surface area contributed by atoms with Gasteiger partial charge in [-0.1, -0.05) is 127 Å². The van der Waals surface area contributed by atoms with Gasteiger partial charge in [-0.05, 0) is 86.9 Å². The van der Waals surface area contributed by atoms with E-state index >= 15 is 0 Å². The van der Waals surface area contributed by atoms with Gasteiger partial charge in [0.1, 0.15) is 0 Å². The summed E-state index contributed by atoms with van der Waals surface area (Å²) >= 11 is 1.82. The van der Waals surface area contributed by atoms with Gasteiger partial charge in [0.2, 0.25) is 0 Å². The maximum atomic E-state index is 4.77. The van der Waals surface area contributed by atoms with Gasteiger partial charge >= 0.3 is 0 Å². The van der Waals surface area contributed by atoms with Crippen molar-refractivity contribution in [3.05, 3.63) is 137 Å². The third-order valence-electron chi connectivity index (χ3n) is 5.76. The van der Waals surface area contributed by atoms with Crippen molar-refractivity contribution in [1.82, 2.24) is 0 Å². The van der Waals surface area contributed by atoms with Crippen molar-refractivity contribution in [2.45, 2.75) is 32.1 Å². The van der Waals surface area contributed by atoms with Gasteiger partial charge in [-0.15, -0.1) is 0 Å². The van der Waals surface area contributed by atoms with Crippen LogP contribution >= 0.6 is 26.6 Å². The standard InChI is InChI=1S/C32H36P2S/c1-6-15-30(34(5,26-7-2)31-18-13-8-9-14-19-31)23-20-27(3)35-32-24-21-29(22-25-32)33(4)28-16-11-10-12-17-28/h6-8,10-26H,5,9H2,1-4H3/b15-6-,26-7+,27-20+,30-23+. The molecule has 0 bridgehead atoms. The van der Waals surface area contributed by atoms with Crippen molar-refractivity contribution < 1.29 is 0 Å². The lowest BCUT2D eigenvalue weighted by Gasteiger charge is -2.24. The van der Waals surface area contributed by atoms with Crippen molar-refractivity contribution in [2.24, 2.45) is 0 Å². The van der Waals surface area contributed by atoms with Crippen LogP contribution in [0.2, 0.25) is 0 Å². The second-order valence-electron chi connectivity index (χ2n) is 8.37. The Morgan fingerprint density at radius 3 is 2.34 bits per heavy atom. The fourth-order valence-corrected chi connectivity index (χ4v) is 8.79. The van der Waals surface area contributed by atoms with Crippen molar-refractivity contribution >= 4 is 43.5 Å². The quantitative estimate of drug-likeness (QED) is 0.182. The molecule has 2 atom stereocenters. The van der Waals surface area contributed by atoms with Gasteiger partial charge in [0.05, 0.1) is 0 Å². The Bertz CT molecular complexity index is 1240.